The number of pyridine rings is 1. The van der Waals surface area contributed by atoms with Crippen LogP contribution in [0.2, 0.25) is 0 Å². The van der Waals surface area contributed by atoms with E-state index in [1.165, 1.54) is 32.5 Å². The summed E-state index contributed by atoms with van der Waals surface area (Å²) in [6.45, 7) is 0. The quantitative estimate of drug-likeness (QED) is 0.361. The van der Waals surface area contributed by atoms with Crippen molar-refractivity contribution in [1.29, 1.82) is 0 Å². The fraction of sp³-hybridized carbons (Fsp3) is 0.125. The molecule has 2 aromatic carbocycles. The van der Waals surface area contributed by atoms with E-state index in [0.717, 1.165) is 4.90 Å². The van der Waals surface area contributed by atoms with Gasteiger partial charge in [0.2, 0.25) is 0 Å². The van der Waals surface area contributed by atoms with Crippen LogP contribution in [0.1, 0.15) is 17.2 Å². The van der Waals surface area contributed by atoms with Crippen molar-refractivity contribution in [2.75, 3.05) is 19.1 Å². The highest BCUT2D eigenvalue weighted by molar-refractivity contribution is 6.52. The number of ketones is 1. The number of Topliss-reactive ketones (excluding diaryl/α,β-unsaturated/α-hetero) is 1. The third-order valence-corrected chi connectivity index (χ3v) is 5.25. The first kappa shape index (κ1) is 20.9. The van der Waals surface area contributed by atoms with Gasteiger partial charge in [-0.3, -0.25) is 19.5 Å². The number of ether oxygens (including phenoxy) is 2. The van der Waals surface area contributed by atoms with E-state index in [1.54, 1.807) is 48.7 Å². The number of aromatic nitrogens is 1. The Hall–Kier alpha value is -4.33. The zero-order chi connectivity index (χ0) is 22.8. The number of aromatic hydroxyl groups is 1. The second kappa shape index (κ2) is 8.43. The van der Waals surface area contributed by atoms with Crippen molar-refractivity contribution in [3.63, 3.8) is 0 Å². The molecule has 1 atom stereocenters. The lowest BCUT2D eigenvalue weighted by Crippen LogP contribution is -2.29. The molecule has 1 aromatic heterocycles. The first-order valence-electron chi connectivity index (χ1n) is 9.69. The normalized spacial score (nSPS) is 17.4. The number of rotatable bonds is 5. The molecule has 1 unspecified atom stereocenters. The predicted molar refractivity (Wildman–Crippen MR) is 117 cm³/mol. The summed E-state index contributed by atoms with van der Waals surface area (Å²) in [4.78, 5) is 31.6. The van der Waals surface area contributed by atoms with Crippen LogP contribution in [0.25, 0.3) is 5.76 Å². The van der Waals surface area contributed by atoms with Crippen molar-refractivity contribution < 1.29 is 29.3 Å². The monoisotopic (exact) mass is 432 g/mol. The van der Waals surface area contributed by atoms with Crippen molar-refractivity contribution in [2.24, 2.45) is 0 Å². The minimum Gasteiger partial charge on any atom is -0.506 e. The zero-order valence-electron chi connectivity index (χ0n) is 17.4. The molecule has 1 aliphatic heterocycles. The Labute approximate surface area is 184 Å². The van der Waals surface area contributed by atoms with E-state index in [0.29, 0.717) is 5.56 Å². The molecular formula is C24H20N2O6. The van der Waals surface area contributed by atoms with Crippen LogP contribution >= 0.6 is 0 Å². The largest absolute Gasteiger partial charge is 0.506 e. The Balaban J connectivity index is 2.03. The summed E-state index contributed by atoms with van der Waals surface area (Å²) in [5, 5.41) is 21.7. The smallest absolute Gasteiger partial charge is 0.300 e. The molecule has 2 heterocycles. The summed E-state index contributed by atoms with van der Waals surface area (Å²) >= 11 is 0. The predicted octanol–water partition coefficient (Wildman–Crippen LogP) is 3.43. The Bertz CT molecular complexity index is 1200. The second-order valence-corrected chi connectivity index (χ2v) is 6.98. The van der Waals surface area contributed by atoms with Gasteiger partial charge < -0.3 is 19.7 Å². The summed E-state index contributed by atoms with van der Waals surface area (Å²) in [5.74, 6) is -1.91. The van der Waals surface area contributed by atoms with E-state index in [4.69, 9.17) is 9.47 Å². The Morgan fingerprint density at radius 2 is 1.66 bits per heavy atom. The number of phenolic OH excluding ortho intramolecular Hbond substituents is 1. The first-order valence-corrected chi connectivity index (χ1v) is 9.69. The minimum absolute atomic E-state index is 0.134. The van der Waals surface area contributed by atoms with Gasteiger partial charge in [-0.15, -0.1) is 0 Å². The van der Waals surface area contributed by atoms with E-state index in [9.17, 15) is 19.8 Å². The molecule has 0 bridgehead atoms. The summed E-state index contributed by atoms with van der Waals surface area (Å²) < 4.78 is 10.7. The highest BCUT2D eigenvalue weighted by atomic mass is 16.5. The standard InChI is InChI=1S/C24H20N2O6/c1-31-17-10-5-11-18(32-2)19(17)22(28)20-21(14-7-6-12-25-13-14)26(24(30)23(20)29)15-8-3-4-9-16(15)27/h3-13,21,27-28H,1-2H3/b22-20+. The zero-order valence-corrected chi connectivity index (χ0v) is 17.4. The summed E-state index contributed by atoms with van der Waals surface area (Å²) in [6.07, 6.45) is 3.05. The number of nitrogens with zero attached hydrogens (tertiary/aromatic N) is 2. The van der Waals surface area contributed by atoms with Crippen molar-refractivity contribution >= 4 is 23.1 Å². The number of hydrogen-bond acceptors (Lipinski definition) is 7. The molecule has 2 N–H and O–H groups in total. The van der Waals surface area contributed by atoms with Crippen LogP contribution < -0.4 is 14.4 Å². The van der Waals surface area contributed by atoms with E-state index in [1.807, 2.05) is 0 Å². The third-order valence-electron chi connectivity index (χ3n) is 5.25. The minimum atomic E-state index is -1.04. The van der Waals surface area contributed by atoms with Gasteiger partial charge >= 0.3 is 0 Å². The summed E-state index contributed by atoms with van der Waals surface area (Å²) in [5.41, 5.74) is 0.579. The molecule has 4 rings (SSSR count). The highest BCUT2D eigenvalue weighted by Crippen LogP contribution is 2.46. The maximum absolute atomic E-state index is 13.2. The molecule has 1 fully saturated rings. The maximum atomic E-state index is 13.2. The van der Waals surface area contributed by atoms with Gasteiger partial charge in [0.1, 0.15) is 28.6 Å². The van der Waals surface area contributed by atoms with Gasteiger partial charge in [-0.05, 0) is 35.9 Å². The van der Waals surface area contributed by atoms with Crippen LogP contribution in [0.3, 0.4) is 0 Å². The lowest BCUT2D eigenvalue weighted by molar-refractivity contribution is -0.132. The van der Waals surface area contributed by atoms with Gasteiger partial charge in [-0.25, -0.2) is 0 Å². The van der Waals surface area contributed by atoms with Crippen LogP contribution in [0.5, 0.6) is 17.2 Å². The average Bonchev–Trinajstić information content (AvgIpc) is 3.09. The van der Waals surface area contributed by atoms with Crippen molar-refractivity contribution in [1.82, 2.24) is 4.98 Å². The number of carbonyl (C=O) groups excluding carboxylic acids is 2. The van der Waals surface area contributed by atoms with E-state index < -0.39 is 23.5 Å². The number of para-hydroxylation sites is 2. The average molecular weight is 432 g/mol. The van der Waals surface area contributed by atoms with Crippen molar-refractivity contribution in [2.45, 2.75) is 6.04 Å². The number of phenols is 1. The Morgan fingerprint density at radius 3 is 2.25 bits per heavy atom. The van der Waals surface area contributed by atoms with Gasteiger partial charge in [0.25, 0.3) is 11.7 Å². The Kier molecular flexibility index (Phi) is 5.51. The number of anilines is 1. The number of aliphatic hydroxyl groups is 1. The lowest BCUT2D eigenvalue weighted by Gasteiger charge is -2.26. The number of methoxy groups -OCH3 is 2. The van der Waals surface area contributed by atoms with E-state index in [2.05, 4.69) is 4.98 Å². The Morgan fingerprint density at radius 1 is 0.969 bits per heavy atom. The molecule has 8 nitrogen and oxygen atoms in total. The maximum Gasteiger partial charge on any atom is 0.300 e. The number of amides is 1. The number of aliphatic hydroxyl groups excluding tert-OH is 1. The molecule has 0 spiro atoms. The molecule has 0 aliphatic carbocycles. The molecule has 3 aromatic rings. The van der Waals surface area contributed by atoms with E-state index in [-0.39, 0.29) is 34.1 Å². The second-order valence-electron chi connectivity index (χ2n) is 6.98. The molecule has 0 saturated carbocycles. The summed E-state index contributed by atoms with van der Waals surface area (Å²) in [7, 11) is 2.84. The molecule has 1 aliphatic rings. The van der Waals surface area contributed by atoms with E-state index >= 15 is 0 Å². The first-order chi connectivity index (χ1) is 15.5. The lowest BCUT2D eigenvalue weighted by atomic mass is 9.95. The number of benzene rings is 2. The molecule has 8 heteroatoms. The molecule has 32 heavy (non-hydrogen) atoms. The summed E-state index contributed by atoms with van der Waals surface area (Å²) in [6, 6.07) is 13.4. The van der Waals surface area contributed by atoms with Crippen molar-refractivity contribution in [3.05, 3.63) is 83.7 Å². The fourth-order valence-corrected chi connectivity index (χ4v) is 3.82. The van der Waals surface area contributed by atoms with Crippen LogP contribution in [-0.2, 0) is 9.59 Å². The highest BCUT2D eigenvalue weighted by Gasteiger charge is 2.48. The van der Waals surface area contributed by atoms with Gasteiger partial charge in [0.05, 0.1) is 31.5 Å². The third kappa shape index (κ3) is 3.31. The van der Waals surface area contributed by atoms with Crippen LogP contribution in [0.15, 0.2) is 72.6 Å². The van der Waals surface area contributed by atoms with Gasteiger partial charge in [0.15, 0.2) is 0 Å². The topological polar surface area (TPSA) is 109 Å². The van der Waals surface area contributed by atoms with Crippen molar-refractivity contribution in [3.8, 4) is 17.2 Å². The molecular weight excluding hydrogens is 412 g/mol. The van der Waals surface area contributed by atoms with Crippen LogP contribution in [-0.4, -0.2) is 41.1 Å². The molecule has 0 radical (unpaired) electrons. The number of hydrogen-bond donors (Lipinski definition) is 2. The van der Waals surface area contributed by atoms with Crippen LogP contribution in [0.4, 0.5) is 5.69 Å². The van der Waals surface area contributed by atoms with Gasteiger partial charge in [-0.2, -0.15) is 0 Å². The molecule has 1 amide bonds. The van der Waals surface area contributed by atoms with Gasteiger partial charge in [-0.1, -0.05) is 24.3 Å². The molecule has 1 saturated heterocycles. The fourth-order valence-electron chi connectivity index (χ4n) is 3.82. The van der Waals surface area contributed by atoms with Gasteiger partial charge in [0, 0.05) is 12.4 Å². The number of carbonyl (C=O) groups is 2. The molecule has 162 valence electrons. The SMILES string of the molecule is COc1cccc(OC)c1/C(O)=C1\C(=O)C(=O)N(c2ccccc2O)C1c1cccnc1. The van der Waals surface area contributed by atoms with Crippen LogP contribution in [0, 0.1) is 0 Å².